The van der Waals surface area contributed by atoms with E-state index in [1.54, 1.807) is 12.1 Å². The minimum atomic E-state index is -4.02. The van der Waals surface area contributed by atoms with Gasteiger partial charge in [0.25, 0.3) is 10.0 Å². The van der Waals surface area contributed by atoms with Crippen LogP contribution in [0.3, 0.4) is 0 Å². The molecule has 0 bridgehead atoms. The maximum atomic E-state index is 11.8. The normalized spacial score (nSPS) is 19.7. The van der Waals surface area contributed by atoms with Crippen molar-refractivity contribution in [1.82, 2.24) is 20.5 Å². The molecule has 1 aromatic rings. The molecule has 1 atom stereocenters. The number of nitrogens with one attached hydrogen (secondary N) is 2. The zero-order valence-corrected chi connectivity index (χ0v) is 17.4. The van der Waals surface area contributed by atoms with Gasteiger partial charge in [-0.3, -0.25) is 4.90 Å². The SMILES string of the molecule is CNC1=C(C#N)S(=O)(=O)N=C1NCC(O)COc1cccc(CN2CCOCC2)n1. The molecule has 0 amide bonds. The van der Waals surface area contributed by atoms with Crippen LogP contribution in [0.2, 0.25) is 0 Å². The first-order valence-electron chi connectivity index (χ1n) is 9.41. The number of aliphatic hydroxyl groups is 1. The molecule has 0 saturated carbocycles. The lowest BCUT2D eigenvalue weighted by atomic mass is 10.3. The number of allylic oxidation sites excluding steroid dienone is 1. The highest BCUT2D eigenvalue weighted by molar-refractivity contribution is 7.94. The van der Waals surface area contributed by atoms with Crippen molar-refractivity contribution in [3.63, 3.8) is 0 Å². The van der Waals surface area contributed by atoms with E-state index in [1.807, 2.05) is 12.1 Å². The molecule has 1 unspecified atom stereocenters. The van der Waals surface area contributed by atoms with Gasteiger partial charge in [-0.1, -0.05) is 6.07 Å². The van der Waals surface area contributed by atoms with Gasteiger partial charge in [-0.25, -0.2) is 4.98 Å². The highest BCUT2D eigenvalue weighted by Gasteiger charge is 2.32. The quantitative estimate of drug-likeness (QED) is 0.460. The van der Waals surface area contributed by atoms with Crippen LogP contribution in [-0.4, -0.2) is 81.9 Å². The Morgan fingerprint density at radius 2 is 2.17 bits per heavy atom. The number of sulfonamides is 1. The number of likely N-dealkylation sites (N-methyl/N-ethyl adjacent to an activating group) is 1. The molecule has 3 heterocycles. The molecule has 0 aromatic carbocycles. The fourth-order valence-electron chi connectivity index (χ4n) is 2.98. The summed E-state index contributed by atoms with van der Waals surface area (Å²) in [6.45, 7) is 3.75. The van der Waals surface area contributed by atoms with Crippen molar-refractivity contribution < 1.29 is 23.0 Å². The molecule has 0 spiro atoms. The molecule has 0 radical (unpaired) electrons. The summed E-state index contributed by atoms with van der Waals surface area (Å²) >= 11 is 0. The molecule has 2 aliphatic heterocycles. The molecule has 3 N–H and O–H groups in total. The fourth-order valence-corrected chi connectivity index (χ4v) is 4.04. The Balaban J connectivity index is 1.50. The minimum Gasteiger partial charge on any atom is -0.475 e. The topological polar surface area (TPSA) is 149 Å². The lowest BCUT2D eigenvalue weighted by Crippen LogP contribution is -2.37. The second-order valence-electron chi connectivity index (χ2n) is 6.68. The predicted octanol–water partition coefficient (Wildman–Crippen LogP) is -1.06. The van der Waals surface area contributed by atoms with E-state index in [9.17, 15) is 13.5 Å². The van der Waals surface area contributed by atoms with E-state index in [2.05, 4.69) is 24.9 Å². The summed E-state index contributed by atoms with van der Waals surface area (Å²) in [4.78, 5) is 6.23. The van der Waals surface area contributed by atoms with Gasteiger partial charge in [-0.2, -0.15) is 13.7 Å². The van der Waals surface area contributed by atoms with Gasteiger partial charge in [-0.15, -0.1) is 4.40 Å². The number of pyridine rings is 1. The Morgan fingerprint density at radius 1 is 1.40 bits per heavy atom. The summed E-state index contributed by atoms with van der Waals surface area (Å²) < 4.78 is 38.1. The van der Waals surface area contributed by atoms with Crippen molar-refractivity contribution in [1.29, 1.82) is 5.26 Å². The number of morpholine rings is 1. The molecular formula is C18H24N6O5S. The Morgan fingerprint density at radius 3 is 2.87 bits per heavy atom. The molecule has 3 rings (SSSR count). The molecule has 1 saturated heterocycles. The van der Waals surface area contributed by atoms with E-state index >= 15 is 0 Å². The molecule has 2 aliphatic rings. The highest BCUT2D eigenvalue weighted by atomic mass is 32.2. The maximum absolute atomic E-state index is 11.8. The first kappa shape index (κ1) is 22.0. The van der Waals surface area contributed by atoms with Crippen LogP contribution in [-0.2, 0) is 21.3 Å². The van der Waals surface area contributed by atoms with Gasteiger partial charge in [-0.05, 0) is 6.07 Å². The van der Waals surface area contributed by atoms with Gasteiger partial charge in [0.15, 0.2) is 10.7 Å². The Hall–Kier alpha value is -2.72. The third kappa shape index (κ3) is 5.45. The molecule has 30 heavy (non-hydrogen) atoms. The zero-order chi connectivity index (χ0) is 21.6. The van der Waals surface area contributed by atoms with Crippen LogP contribution in [0.15, 0.2) is 33.2 Å². The second kappa shape index (κ2) is 9.86. The second-order valence-corrected chi connectivity index (χ2v) is 8.22. The van der Waals surface area contributed by atoms with E-state index in [0.29, 0.717) is 25.6 Å². The van der Waals surface area contributed by atoms with Crippen LogP contribution in [0.5, 0.6) is 5.88 Å². The number of aromatic nitrogens is 1. The smallest absolute Gasteiger partial charge is 0.296 e. The van der Waals surface area contributed by atoms with Crippen LogP contribution in [0, 0.1) is 11.3 Å². The van der Waals surface area contributed by atoms with Gasteiger partial charge in [0.1, 0.15) is 24.5 Å². The summed E-state index contributed by atoms with van der Waals surface area (Å²) in [5.74, 6) is 0.377. The first-order chi connectivity index (χ1) is 14.4. The van der Waals surface area contributed by atoms with Crippen LogP contribution in [0.1, 0.15) is 5.69 Å². The number of nitrogens with zero attached hydrogens (tertiary/aromatic N) is 4. The number of nitriles is 1. The third-order valence-electron chi connectivity index (χ3n) is 4.48. The molecule has 0 aliphatic carbocycles. The number of amidine groups is 1. The number of hydrogen-bond acceptors (Lipinski definition) is 10. The minimum absolute atomic E-state index is 0.0151. The number of hydrogen-bond donors (Lipinski definition) is 3. The Bertz CT molecular complexity index is 966. The number of rotatable bonds is 8. The standard InChI is InChI=1S/C18H24N6O5S/c1-20-17-15(9-19)30(26,27)23-18(17)21-10-14(25)12-29-16-4-2-3-13(22-16)11-24-5-7-28-8-6-24/h2-4,14,20,25H,5-8,10-12H2,1H3,(H,21,23). The maximum Gasteiger partial charge on any atom is 0.296 e. The molecule has 12 heteroatoms. The lowest BCUT2D eigenvalue weighted by Gasteiger charge is -2.26. The monoisotopic (exact) mass is 436 g/mol. The lowest BCUT2D eigenvalue weighted by molar-refractivity contribution is 0.0335. The predicted molar refractivity (Wildman–Crippen MR) is 108 cm³/mol. The Labute approximate surface area is 175 Å². The summed E-state index contributed by atoms with van der Waals surface area (Å²) in [7, 11) is -2.54. The van der Waals surface area contributed by atoms with Crippen molar-refractivity contribution in [3.8, 4) is 11.9 Å². The largest absolute Gasteiger partial charge is 0.475 e. The van der Waals surface area contributed by atoms with E-state index in [0.717, 1.165) is 18.8 Å². The van der Waals surface area contributed by atoms with Crippen LogP contribution < -0.4 is 15.4 Å². The number of aliphatic hydroxyl groups excluding tert-OH is 1. The zero-order valence-electron chi connectivity index (χ0n) is 16.5. The van der Waals surface area contributed by atoms with Crippen molar-refractivity contribution >= 4 is 15.9 Å². The van der Waals surface area contributed by atoms with E-state index in [1.165, 1.54) is 7.05 Å². The highest BCUT2D eigenvalue weighted by Crippen LogP contribution is 2.20. The van der Waals surface area contributed by atoms with Crippen LogP contribution >= 0.6 is 0 Å². The average molecular weight is 436 g/mol. The summed E-state index contributed by atoms with van der Waals surface area (Å²) in [6.07, 6.45) is -0.954. The molecule has 162 valence electrons. The van der Waals surface area contributed by atoms with Crippen LogP contribution in [0.25, 0.3) is 0 Å². The summed E-state index contributed by atoms with van der Waals surface area (Å²) in [5, 5.41) is 24.6. The fraction of sp³-hybridized carbons (Fsp3) is 0.500. The van der Waals surface area contributed by atoms with Crippen LogP contribution in [0.4, 0.5) is 0 Å². The van der Waals surface area contributed by atoms with Gasteiger partial charge < -0.3 is 25.2 Å². The molecular weight excluding hydrogens is 412 g/mol. The van der Waals surface area contributed by atoms with Crippen molar-refractivity contribution in [3.05, 3.63) is 34.5 Å². The first-order valence-corrected chi connectivity index (χ1v) is 10.8. The van der Waals surface area contributed by atoms with Crippen molar-refractivity contribution in [2.45, 2.75) is 12.6 Å². The molecule has 1 aromatic heterocycles. The van der Waals surface area contributed by atoms with Crippen molar-refractivity contribution in [2.75, 3.05) is 46.5 Å². The third-order valence-corrected chi connectivity index (χ3v) is 5.72. The van der Waals surface area contributed by atoms with Gasteiger partial charge in [0.05, 0.1) is 18.9 Å². The molecule has 11 nitrogen and oxygen atoms in total. The Kier molecular flexibility index (Phi) is 7.22. The van der Waals surface area contributed by atoms with E-state index < -0.39 is 21.0 Å². The van der Waals surface area contributed by atoms with Gasteiger partial charge in [0.2, 0.25) is 5.88 Å². The van der Waals surface area contributed by atoms with E-state index in [4.69, 9.17) is 14.7 Å². The molecule has 1 fully saturated rings. The van der Waals surface area contributed by atoms with Gasteiger partial charge >= 0.3 is 0 Å². The summed E-state index contributed by atoms with van der Waals surface area (Å²) in [6, 6.07) is 7.08. The van der Waals surface area contributed by atoms with E-state index in [-0.39, 0.29) is 24.7 Å². The van der Waals surface area contributed by atoms with Gasteiger partial charge in [0, 0.05) is 39.3 Å². The number of ether oxygens (including phenoxy) is 2. The average Bonchev–Trinajstić information content (AvgIpc) is 3.00. The summed E-state index contributed by atoms with van der Waals surface area (Å²) in [5.41, 5.74) is 0.934. The van der Waals surface area contributed by atoms with Crippen molar-refractivity contribution in [2.24, 2.45) is 4.40 Å².